The zero-order valence-corrected chi connectivity index (χ0v) is 26.7. The molecule has 1 heteroatoms. The lowest BCUT2D eigenvalue weighted by atomic mass is 10.0. The lowest BCUT2D eigenvalue weighted by Gasteiger charge is -2.05. The summed E-state index contributed by atoms with van der Waals surface area (Å²) < 4.78 is 0. The Labute approximate surface area is 227 Å². The molecule has 0 bridgehead atoms. The van der Waals surface area contributed by atoms with Gasteiger partial charge in [-0.25, -0.2) is 0 Å². The van der Waals surface area contributed by atoms with Crippen LogP contribution < -0.4 is 0 Å². The average Bonchev–Trinajstić information content (AvgIpc) is 2.85. The molecular weight excluding hydrogens is 436 g/mol. The van der Waals surface area contributed by atoms with Crippen LogP contribution in [0.5, 0.6) is 0 Å². The van der Waals surface area contributed by atoms with E-state index in [1.54, 1.807) is 6.04 Å². The minimum absolute atomic E-state index is 0.278. The maximum Gasteiger partial charge on any atom is 0.0305 e. The first-order valence-electron chi connectivity index (χ1n) is 17.3. The number of hydrogen-bond acceptors (Lipinski definition) is 0. The van der Waals surface area contributed by atoms with Crippen molar-refractivity contribution in [2.45, 2.75) is 219 Å². The van der Waals surface area contributed by atoms with Crippen molar-refractivity contribution >= 4 is 8.80 Å². The molecule has 212 valence electrons. The summed E-state index contributed by atoms with van der Waals surface area (Å²) >= 11 is 0. The molecule has 0 amide bonds. The van der Waals surface area contributed by atoms with E-state index in [1.165, 1.54) is 193 Å². The van der Waals surface area contributed by atoms with Gasteiger partial charge in [-0.1, -0.05) is 219 Å². The molecular formula is C34H72Si. The molecule has 0 aromatic heterocycles. The molecule has 0 saturated heterocycles. The van der Waals surface area contributed by atoms with Crippen LogP contribution >= 0.6 is 0 Å². The first kappa shape index (κ1) is 35.2. The Morgan fingerprint density at radius 3 is 0.600 bits per heavy atom. The summed E-state index contributed by atoms with van der Waals surface area (Å²) in [4.78, 5) is 0. The van der Waals surface area contributed by atoms with Gasteiger partial charge in [-0.3, -0.25) is 0 Å². The fraction of sp³-hybridized carbons (Fsp3) is 1.00. The van der Waals surface area contributed by atoms with Gasteiger partial charge in [-0.2, -0.15) is 0 Å². The van der Waals surface area contributed by atoms with Crippen LogP contribution in [-0.2, 0) is 0 Å². The molecule has 0 aliphatic rings. The second-order valence-electron chi connectivity index (χ2n) is 12.4. The molecule has 0 fully saturated rings. The van der Waals surface area contributed by atoms with Crippen molar-refractivity contribution < 1.29 is 0 Å². The second-order valence-corrected chi connectivity index (χ2v) is 15.8. The van der Waals surface area contributed by atoms with E-state index in [4.69, 9.17) is 0 Å². The van der Waals surface area contributed by atoms with E-state index in [9.17, 15) is 0 Å². The highest BCUT2D eigenvalue weighted by atomic mass is 28.3. The topological polar surface area (TPSA) is 0 Å². The van der Waals surface area contributed by atoms with Crippen molar-refractivity contribution in [1.29, 1.82) is 0 Å². The second kappa shape index (κ2) is 32.2. The molecule has 0 aliphatic heterocycles. The van der Waals surface area contributed by atoms with E-state index < -0.39 is 0 Å². The third-order valence-corrected chi connectivity index (χ3v) is 9.70. The SMILES string of the molecule is CCCCCCCCCCCCCCCCCCCCCCCCCCCCCCCC[SiH](C)C. The van der Waals surface area contributed by atoms with E-state index in [2.05, 4.69) is 20.0 Å². The first-order valence-corrected chi connectivity index (χ1v) is 20.4. The summed E-state index contributed by atoms with van der Waals surface area (Å²) in [6, 6.07) is 1.57. The van der Waals surface area contributed by atoms with Crippen LogP contribution in [0.15, 0.2) is 0 Å². The monoisotopic (exact) mass is 509 g/mol. The van der Waals surface area contributed by atoms with Gasteiger partial charge in [-0.05, 0) is 0 Å². The molecule has 0 aliphatic carbocycles. The van der Waals surface area contributed by atoms with Crippen LogP contribution in [0, 0.1) is 0 Å². The Hall–Kier alpha value is 0.217. The third-order valence-electron chi connectivity index (χ3n) is 8.14. The summed E-state index contributed by atoms with van der Waals surface area (Å²) in [5, 5.41) is 0. The Balaban J connectivity index is 3.01. The van der Waals surface area contributed by atoms with Gasteiger partial charge in [0, 0.05) is 8.80 Å². The van der Waals surface area contributed by atoms with Gasteiger partial charge < -0.3 is 0 Å². The molecule has 0 nitrogen and oxygen atoms in total. The van der Waals surface area contributed by atoms with Gasteiger partial charge >= 0.3 is 0 Å². The minimum atomic E-state index is -0.278. The first-order chi connectivity index (χ1) is 17.3. The van der Waals surface area contributed by atoms with Crippen LogP contribution in [-0.4, -0.2) is 8.80 Å². The minimum Gasteiger partial charge on any atom is -0.0722 e. The van der Waals surface area contributed by atoms with Gasteiger partial charge in [0.05, 0.1) is 0 Å². The smallest absolute Gasteiger partial charge is 0.0305 e. The molecule has 0 heterocycles. The molecule has 0 unspecified atom stereocenters. The highest BCUT2D eigenvalue weighted by molar-refractivity contribution is 6.55. The lowest BCUT2D eigenvalue weighted by Crippen LogP contribution is -1.97. The Morgan fingerprint density at radius 2 is 0.429 bits per heavy atom. The standard InChI is InChI=1S/C34H72Si/c1-4-5-6-7-8-9-10-11-12-13-14-15-16-17-18-19-20-21-22-23-24-25-26-27-28-29-30-31-32-33-34-35(2)3/h35H,4-34H2,1-3H3. The van der Waals surface area contributed by atoms with Crippen LogP contribution in [0.3, 0.4) is 0 Å². The molecule has 0 N–H and O–H groups in total. The fourth-order valence-electron chi connectivity index (χ4n) is 5.58. The maximum absolute atomic E-state index is 2.49. The van der Waals surface area contributed by atoms with Gasteiger partial charge in [0.1, 0.15) is 0 Å². The zero-order valence-electron chi connectivity index (χ0n) is 25.5. The molecule has 0 saturated carbocycles. The van der Waals surface area contributed by atoms with E-state index in [-0.39, 0.29) is 8.80 Å². The quantitative estimate of drug-likeness (QED) is 0.0645. The van der Waals surface area contributed by atoms with E-state index in [1.807, 2.05) is 0 Å². The van der Waals surface area contributed by atoms with Crippen molar-refractivity contribution in [2.75, 3.05) is 0 Å². The van der Waals surface area contributed by atoms with E-state index in [0.29, 0.717) is 0 Å². The predicted octanol–water partition coefficient (Wildman–Crippen LogP) is 13.2. The summed E-state index contributed by atoms with van der Waals surface area (Å²) in [5.41, 5.74) is 0. The third kappa shape index (κ3) is 34.2. The number of rotatable bonds is 31. The normalized spacial score (nSPS) is 11.7. The predicted molar refractivity (Wildman–Crippen MR) is 168 cm³/mol. The van der Waals surface area contributed by atoms with Gasteiger partial charge in [0.25, 0.3) is 0 Å². The molecule has 35 heavy (non-hydrogen) atoms. The highest BCUT2D eigenvalue weighted by Gasteiger charge is 1.98. The lowest BCUT2D eigenvalue weighted by molar-refractivity contribution is 0.513. The van der Waals surface area contributed by atoms with Crippen molar-refractivity contribution in [3.05, 3.63) is 0 Å². The maximum atomic E-state index is 2.49. The summed E-state index contributed by atoms with van der Waals surface area (Å²) in [6.45, 7) is 7.28. The molecule has 0 radical (unpaired) electrons. The Kier molecular flexibility index (Phi) is 32.4. The molecule has 0 rings (SSSR count). The van der Waals surface area contributed by atoms with Crippen LogP contribution in [0.2, 0.25) is 19.1 Å². The highest BCUT2D eigenvalue weighted by Crippen LogP contribution is 2.16. The Bertz CT molecular complexity index is 350. The average molecular weight is 509 g/mol. The summed E-state index contributed by atoms with van der Waals surface area (Å²) in [7, 11) is -0.278. The summed E-state index contributed by atoms with van der Waals surface area (Å²) in [6.07, 6.45) is 44.7. The number of hydrogen-bond donors (Lipinski definition) is 0. The van der Waals surface area contributed by atoms with Gasteiger partial charge in [0.15, 0.2) is 0 Å². The van der Waals surface area contributed by atoms with Crippen molar-refractivity contribution in [1.82, 2.24) is 0 Å². The molecule has 0 atom stereocenters. The van der Waals surface area contributed by atoms with E-state index >= 15 is 0 Å². The van der Waals surface area contributed by atoms with Crippen molar-refractivity contribution in [3.63, 3.8) is 0 Å². The largest absolute Gasteiger partial charge is 0.0722 e. The van der Waals surface area contributed by atoms with Crippen molar-refractivity contribution in [3.8, 4) is 0 Å². The van der Waals surface area contributed by atoms with Crippen LogP contribution in [0.25, 0.3) is 0 Å². The number of unbranched alkanes of at least 4 members (excludes halogenated alkanes) is 29. The zero-order chi connectivity index (χ0) is 25.5. The molecule has 0 spiro atoms. The van der Waals surface area contributed by atoms with Gasteiger partial charge in [0.2, 0.25) is 0 Å². The molecule has 0 aromatic rings. The van der Waals surface area contributed by atoms with Crippen LogP contribution in [0.1, 0.15) is 200 Å². The summed E-state index contributed by atoms with van der Waals surface area (Å²) in [5.74, 6) is 0. The molecule has 0 aromatic carbocycles. The van der Waals surface area contributed by atoms with Gasteiger partial charge in [-0.15, -0.1) is 0 Å². The Morgan fingerprint density at radius 1 is 0.257 bits per heavy atom. The van der Waals surface area contributed by atoms with E-state index in [0.717, 1.165) is 0 Å². The van der Waals surface area contributed by atoms with Crippen LogP contribution in [0.4, 0.5) is 0 Å². The van der Waals surface area contributed by atoms with Crippen molar-refractivity contribution in [2.24, 2.45) is 0 Å². The fourth-order valence-corrected chi connectivity index (χ4v) is 6.68.